The maximum atomic E-state index is 13.1. The molecule has 2 aromatic rings. The third-order valence-electron chi connectivity index (χ3n) is 5.22. The van der Waals surface area contributed by atoms with E-state index in [1.807, 2.05) is 6.07 Å². The van der Waals surface area contributed by atoms with Crippen LogP contribution in [-0.2, 0) is 4.79 Å². The summed E-state index contributed by atoms with van der Waals surface area (Å²) < 4.78 is 2.05. The van der Waals surface area contributed by atoms with Crippen molar-refractivity contribution < 1.29 is 4.79 Å². The lowest BCUT2D eigenvalue weighted by Crippen LogP contribution is -2.39. The van der Waals surface area contributed by atoms with E-state index in [4.69, 9.17) is 12.2 Å². The Morgan fingerprint density at radius 2 is 2.07 bits per heavy atom. The topological polar surface area (TPSA) is 66.7 Å². The second-order valence-electron chi connectivity index (χ2n) is 7.12. The van der Waals surface area contributed by atoms with Gasteiger partial charge in [0.1, 0.15) is 15.8 Å². The Morgan fingerprint density at radius 3 is 2.83 bits per heavy atom. The molecule has 2 aliphatic rings. The standard InChI is InChI=1S/C21H22N4O2S2/c1-2-11-22-18-15(19(26)24-12-7-6-10-17(24)23-18)13-16-20(27)25(21(28)29-16)14-8-4-3-5-9-14/h2,6-7,10,12-14,22H,1,3-5,8-9,11H2. The number of nitrogens with one attached hydrogen (secondary N) is 1. The van der Waals surface area contributed by atoms with Gasteiger partial charge in [0.2, 0.25) is 0 Å². The Bertz CT molecular complexity index is 1070. The van der Waals surface area contributed by atoms with E-state index in [-0.39, 0.29) is 17.5 Å². The van der Waals surface area contributed by atoms with Crippen LogP contribution in [0.2, 0.25) is 0 Å². The normalized spacial score (nSPS) is 19.3. The number of carbonyl (C=O) groups excluding carboxylic acids is 1. The average molecular weight is 427 g/mol. The second-order valence-corrected chi connectivity index (χ2v) is 8.80. The molecule has 0 atom stereocenters. The van der Waals surface area contributed by atoms with E-state index in [9.17, 15) is 9.59 Å². The highest BCUT2D eigenvalue weighted by Crippen LogP contribution is 2.37. The highest BCUT2D eigenvalue weighted by atomic mass is 32.2. The molecule has 6 nitrogen and oxygen atoms in total. The summed E-state index contributed by atoms with van der Waals surface area (Å²) in [5, 5.41) is 3.12. The van der Waals surface area contributed by atoms with E-state index in [2.05, 4.69) is 16.9 Å². The molecule has 4 rings (SSSR count). The number of thiocarbonyl (C=S) groups is 1. The van der Waals surface area contributed by atoms with E-state index in [0.717, 1.165) is 25.7 Å². The van der Waals surface area contributed by atoms with Crippen LogP contribution in [0.4, 0.5) is 5.82 Å². The highest BCUT2D eigenvalue weighted by Gasteiger charge is 2.37. The van der Waals surface area contributed by atoms with Crippen LogP contribution >= 0.6 is 24.0 Å². The number of amides is 1. The third kappa shape index (κ3) is 3.86. The van der Waals surface area contributed by atoms with Crippen molar-refractivity contribution in [2.45, 2.75) is 38.1 Å². The zero-order chi connectivity index (χ0) is 20.4. The first-order valence-corrected chi connectivity index (χ1v) is 11.0. The molecule has 0 bridgehead atoms. The molecular formula is C21H22N4O2S2. The van der Waals surface area contributed by atoms with Crippen molar-refractivity contribution >= 4 is 51.7 Å². The number of aromatic nitrogens is 2. The van der Waals surface area contributed by atoms with Gasteiger partial charge >= 0.3 is 0 Å². The molecule has 0 unspecified atom stereocenters. The van der Waals surface area contributed by atoms with Gasteiger partial charge in [0, 0.05) is 18.8 Å². The summed E-state index contributed by atoms with van der Waals surface area (Å²) >= 11 is 6.77. The predicted molar refractivity (Wildman–Crippen MR) is 122 cm³/mol. The van der Waals surface area contributed by atoms with E-state index in [0.29, 0.717) is 32.8 Å². The van der Waals surface area contributed by atoms with Crippen molar-refractivity contribution in [2.75, 3.05) is 11.9 Å². The predicted octanol–water partition coefficient (Wildman–Crippen LogP) is 3.83. The molecule has 150 valence electrons. The molecule has 0 radical (unpaired) electrons. The first kappa shape index (κ1) is 19.8. The Hall–Kier alpha value is -2.45. The van der Waals surface area contributed by atoms with Crippen molar-refractivity contribution in [2.24, 2.45) is 0 Å². The van der Waals surface area contributed by atoms with Crippen molar-refractivity contribution in [1.82, 2.24) is 14.3 Å². The molecule has 29 heavy (non-hydrogen) atoms. The molecule has 8 heteroatoms. The fraction of sp³-hybridized carbons (Fsp3) is 0.333. The Labute approximate surface area is 178 Å². The quantitative estimate of drug-likeness (QED) is 0.445. The first-order chi connectivity index (χ1) is 14.1. The van der Waals surface area contributed by atoms with E-state index >= 15 is 0 Å². The number of hydrogen-bond acceptors (Lipinski definition) is 6. The Kier molecular flexibility index (Phi) is 5.82. The van der Waals surface area contributed by atoms with Gasteiger partial charge < -0.3 is 5.32 Å². The number of thioether (sulfide) groups is 1. The van der Waals surface area contributed by atoms with Crippen LogP contribution in [0.3, 0.4) is 0 Å². The molecular weight excluding hydrogens is 404 g/mol. The molecule has 2 fully saturated rings. The van der Waals surface area contributed by atoms with Gasteiger partial charge in [0.25, 0.3) is 11.5 Å². The van der Waals surface area contributed by atoms with Crippen molar-refractivity contribution in [3.05, 3.63) is 57.9 Å². The molecule has 1 saturated heterocycles. The summed E-state index contributed by atoms with van der Waals surface area (Å²) in [5.41, 5.74) is 0.653. The van der Waals surface area contributed by atoms with E-state index < -0.39 is 0 Å². The van der Waals surface area contributed by atoms with Gasteiger partial charge in [-0.05, 0) is 31.1 Å². The SMILES string of the molecule is C=CCNc1nc2ccccn2c(=O)c1C=C1SC(=S)N(C2CCCCC2)C1=O. The largest absolute Gasteiger partial charge is 0.366 e. The van der Waals surface area contributed by atoms with Crippen LogP contribution in [-0.4, -0.2) is 37.1 Å². The Morgan fingerprint density at radius 1 is 1.28 bits per heavy atom. The number of fused-ring (bicyclic) bond motifs is 1. The van der Waals surface area contributed by atoms with Gasteiger partial charge in [-0.2, -0.15) is 0 Å². The number of carbonyl (C=O) groups is 1. The Balaban J connectivity index is 1.76. The van der Waals surface area contributed by atoms with Crippen molar-refractivity contribution in [3.63, 3.8) is 0 Å². The molecule has 3 heterocycles. The van der Waals surface area contributed by atoms with Crippen LogP contribution in [0.15, 0.2) is 46.8 Å². The van der Waals surface area contributed by atoms with Gasteiger partial charge in [-0.25, -0.2) is 4.98 Å². The second kappa shape index (κ2) is 8.51. The van der Waals surface area contributed by atoms with Gasteiger partial charge in [-0.1, -0.05) is 55.4 Å². The number of pyridine rings is 1. The zero-order valence-electron chi connectivity index (χ0n) is 16.0. The molecule has 0 aromatic carbocycles. The fourth-order valence-electron chi connectivity index (χ4n) is 3.80. The van der Waals surface area contributed by atoms with Crippen LogP contribution in [0, 0.1) is 0 Å². The molecule has 1 saturated carbocycles. The van der Waals surface area contributed by atoms with E-state index in [1.165, 1.54) is 22.6 Å². The summed E-state index contributed by atoms with van der Waals surface area (Å²) in [6.45, 7) is 4.16. The zero-order valence-corrected chi connectivity index (χ0v) is 17.6. The van der Waals surface area contributed by atoms with Crippen molar-refractivity contribution in [3.8, 4) is 0 Å². The third-order valence-corrected chi connectivity index (χ3v) is 6.55. The maximum Gasteiger partial charge on any atom is 0.267 e. The number of rotatable bonds is 5. The minimum atomic E-state index is -0.231. The number of hydrogen-bond donors (Lipinski definition) is 1. The van der Waals surface area contributed by atoms with Crippen LogP contribution < -0.4 is 10.9 Å². The molecule has 1 amide bonds. The summed E-state index contributed by atoms with van der Waals surface area (Å²) in [7, 11) is 0. The lowest BCUT2D eigenvalue weighted by molar-refractivity contribution is -0.124. The fourth-order valence-corrected chi connectivity index (χ4v) is 5.18. The van der Waals surface area contributed by atoms with E-state index in [1.54, 1.807) is 35.4 Å². The maximum absolute atomic E-state index is 13.1. The monoisotopic (exact) mass is 426 g/mol. The molecule has 1 N–H and O–H groups in total. The highest BCUT2D eigenvalue weighted by molar-refractivity contribution is 8.26. The smallest absolute Gasteiger partial charge is 0.267 e. The first-order valence-electron chi connectivity index (χ1n) is 9.73. The molecule has 0 spiro atoms. The van der Waals surface area contributed by atoms with Crippen LogP contribution in [0.1, 0.15) is 37.7 Å². The summed E-state index contributed by atoms with van der Waals surface area (Å²) in [4.78, 5) is 33.0. The molecule has 1 aliphatic heterocycles. The van der Waals surface area contributed by atoms with Crippen molar-refractivity contribution in [1.29, 1.82) is 0 Å². The summed E-state index contributed by atoms with van der Waals surface area (Å²) in [6.07, 6.45) is 10.4. The number of anilines is 1. The summed E-state index contributed by atoms with van der Waals surface area (Å²) in [6, 6.07) is 5.54. The molecule has 1 aliphatic carbocycles. The lowest BCUT2D eigenvalue weighted by Gasteiger charge is -2.29. The lowest BCUT2D eigenvalue weighted by atomic mass is 9.94. The minimum absolute atomic E-state index is 0.112. The summed E-state index contributed by atoms with van der Waals surface area (Å²) in [5.74, 6) is 0.322. The van der Waals surface area contributed by atoms with Gasteiger partial charge in [-0.15, -0.1) is 6.58 Å². The van der Waals surface area contributed by atoms with Crippen LogP contribution in [0.5, 0.6) is 0 Å². The van der Waals surface area contributed by atoms with Crippen LogP contribution in [0.25, 0.3) is 11.7 Å². The number of nitrogens with zero attached hydrogens (tertiary/aromatic N) is 3. The van der Waals surface area contributed by atoms with Gasteiger partial charge in [0.15, 0.2) is 0 Å². The molecule has 2 aromatic heterocycles. The average Bonchev–Trinajstić information content (AvgIpc) is 3.02. The minimum Gasteiger partial charge on any atom is -0.366 e. The van der Waals surface area contributed by atoms with Gasteiger partial charge in [0.05, 0.1) is 10.5 Å². The van der Waals surface area contributed by atoms with Gasteiger partial charge in [-0.3, -0.25) is 18.9 Å².